The smallest absolute Gasteiger partial charge is 0.333 e. The van der Waals surface area contributed by atoms with E-state index >= 15 is 0 Å². The van der Waals surface area contributed by atoms with Crippen molar-refractivity contribution in [3.63, 3.8) is 0 Å². The lowest BCUT2D eigenvalue weighted by Crippen LogP contribution is -2.34. The molecule has 1 amide bonds. The van der Waals surface area contributed by atoms with E-state index in [-0.39, 0.29) is 24.8 Å². The SMILES string of the molecule is O=C(CCOc1ccc(F)cc1)N1CCc2ncc(-c3cnn(C(F)F)c3)n2CC1. The molecule has 0 atom stereocenters. The van der Waals surface area contributed by atoms with Crippen molar-refractivity contribution >= 4 is 5.91 Å². The van der Waals surface area contributed by atoms with Crippen molar-refractivity contribution in [3.8, 4) is 17.0 Å². The van der Waals surface area contributed by atoms with Gasteiger partial charge >= 0.3 is 6.55 Å². The first-order valence-electron chi connectivity index (χ1n) is 9.54. The van der Waals surface area contributed by atoms with Gasteiger partial charge in [-0.15, -0.1) is 0 Å². The Hall–Kier alpha value is -3.30. The molecule has 3 aromatic rings. The van der Waals surface area contributed by atoms with E-state index in [0.717, 1.165) is 5.82 Å². The minimum atomic E-state index is -2.70. The number of rotatable bonds is 6. The average molecular weight is 419 g/mol. The van der Waals surface area contributed by atoms with E-state index in [2.05, 4.69) is 10.1 Å². The number of hydrogen-bond donors (Lipinski definition) is 0. The van der Waals surface area contributed by atoms with Gasteiger partial charge in [-0.2, -0.15) is 13.9 Å². The topological polar surface area (TPSA) is 65.2 Å². The molecule has 158 valence electrons. The van der Waals surface area contributed by atoms with Crippen LogP contribution in [0, 0.1) is 5.82 Å². The second kappa shape index (κ2) is 8.60. The number of nitrogens with zero attached hydrogens (tertiary/aromatic N) is 5. The van der Waals surface area contributed by atoms with E-state index in [1.54, 1.807) is 11.1 Å². The molecule has 4 rings (SSSR count). The number of carbonyl (C=O) groups is 1. The Labute approximate surface area is 170 Å². The molecule has 0 unspecified atom stereocenters. The van der Waals surface area contributed by atoms with E-state index in [1.807, 2.05) is 4.57 Å². The van der Waals surface area contributed by atoms with Gasteiger partial charge in [0.05, 0.1) is 31.1 Å². The molecular formula is C20H20F3N5O2. The predicted octanol–water partition coefficient (Wildman–Crippen LogP) is 3.13. The molecule has 0 spiro atoms. The molecule has 10 heteroatoms. The zero-order chi connectivity index (χ0) is 21.1. The number of aromatic nitrogens is 4. The Morgan fingerprint density at radius 2 is 1.93 bits per heavy atom. The highest BCUT2D eigenvalue weighted by Crippen LogP contribution is 2.24. The van der Waals surface area contributed by atoms with Crippen LogP contribution in [0.2, 0.25) is 0 Å². The summed E-state index contributed by atoms with van der Waals surface area (Å²) in [6.07, 6.45) is 5.09. The van der Waals surface area contributed by atoms with Crippen molar-refractivity contribution in [2.75, 3.05) is 19.7 Å². The maximum atomic E-state index is 12.9. The number of fused-ring (bicyclic) bond motifs is 1. The number of carbonyl (C=O) groups excluding carboxylic acids is 1. The van der Waals surface area contributed by atoms with Crippen LogP contribution in [0.15, 0.2) is 42.9 Å². The van der Waals surface area contributed by atoms with Gasteiger partial charge in [-0.25, -0.2) is 14.1 Å². The third-order valence-corrected chi connectivity index (χ3v) is 4.99. The molecule has 7 nitrogen and oxygen atoms in total. The summed E-state index contributed by atoms with van der Waals surface area (Å²) in [7, 11) is 0. The lowest BCUT2D eigenvalue weighted by Gasteiger charge is -2.20. The first-order valence-corrected chi connectivity index (χ1v) is 9.54. The molecule has 1 aromatic carbocycles. The number of alkyl halides is 2. The lowest BCUT2D eigenvalue weighted by atomic mass is 10.2. The van der Waals surface area contributed by atoms with Crippen LogP contribution in [-0.2, 0) is 17.8 Å². The normalized spacial score (nSPS) is 13.9. The fraction of sp³-hybridized carbons (Fsp3) is 0.350. The van der Waals surface area contributed by atoms with Crippen molar-refractivity contribution in [2.24, 2.45) is 0 Å². The first-order chi connectivity index (χ1) is 14.5. The van der Waals surface area contributed by atoms with E-state index in [4.69, 9.17) is 4.74 Å². The molecule has 1 aliphatic heterocycles. The number of benzene rings is 1. The summed E-state index contributed by atoms with van der Waals surface area (Å²) in [5.41, 5.74) is 1.26. The number of amides is 1. The highest BCUT2D eigenvalue weighted by Gasteiger charge is 2.22. The van der Waals surface area contributed by atoms with Gasteiger partial charge < -0.3 is 14.2 Å². The van der Waals surface area contributed by atoms with Gasteiger partial charge in [-0.3, -0.25) is 4.79 Å². The highest BCUT2D eigenvalue weighted by atomic mass is 19.3. The van der Waals surface area contributed by atoms with Crippen LogP contribution in [0.5, 0.6) is 5.75 Å². The van der Waals surface area contributed by atoms with Crippen LogP contribution in [-0.4, -0.2) is 49.8 Å². The van der Waals surface area contributed by atoms with E-state index < -0.39 is 6.55 Å². The summed E-state index contributed by atoms with van der Waals surface area (Å²) >= 11 is 0. The number of halogens is 3. The quantitative estimate of drug-likeness (QED) is 0.616. The molecule has 2 aromatic heterocycles. The Kier molecular flexibility index (Phi) is 5.73. The van der Waals surface area contributed by atoms with E-state index in [9.17, 15) is 18.0 Å². The first kappa shape index (κ1) is 20.0. The molecule has 0 radical (unpaired) electrons. The molecular weight excluding hydrogens is 399 g/mol. The molecule has 0 fully saturated rings. The lowest BCUT2D eigenvalue weighted by molar-refractivity contribution is -0.131. The largest absolute Gasteiger partial charge is 0.493 e. The third kappa shape index (κ3) is 4.32. The van der Waals surface area contributed by atoms with Crippen LogP contribution in [0.3, 0.4) is 0 Å². The summed E-state index contributed by atoms with van der Waals surface area (Å²) in [6, 6.07) is 5.64. The van der Waals surface area contributed by atoms with Crippen LogP contribution >= 0.6 is 0 Å². The van der Waals surface area contributed by atoms with Crippen molar-refractivity contribution in [1.82, 2.24) is 24.2 Å². The minimum Gasteiger partial charge on any atom is -0.493 e. The minimum absolute atomic E-state index is 0.0464. The van der Waals surface area contributed by atoms with Gasteiger partial charge in [0.15, 0.2) is 0 Å². The zero-order valence-electron chi connectivity index (χ0n) is 16.0. The molecule has 0 saturated carbocycles. The van der Waals surface area contributed by atoms with Crippen LogP contribution in [0.25, 0.3) is 11.3 Å². The Morgan fingerprint density at radius 3 is 2.67 bits per heavy atom. The summed E-state index contributed by atoms with van der Waals surface area (Å²) < 4.78 is 46.6. The van der Waals surface area contributed by atoms with Crippen molar-refractivity contribution < 1.29 is 22.7 Å². The van der Waals surface area contributed by atoms with Crippen molar-refractivity contribution in [1.29, 1.82) is 0 Å². The predicted molar refractivity (Wildman–Crippen MR) is 101 cm³/mol. The van der Waals surface area contributed by atoms with E-state index in [0.29, 0.717) is 47.7 Å². The number of ether oxygens (including phenoxy) is 1. The summed E-state index contributed by atoms with van der Waals surface area (Å²) in [6.45, 7) is -0.995. The summed E-state index contributed by atoms with van der Waals surface area (Å²) in [5, 5.41) is 3.68. The number of imidazole rings is 1. The standard InChI is InChI=1S/C20H20F3N5O2/c21-15-1-3-16(4-2-15)30-10-6-19(29)26-7-5-18-24-12-17(27(18)9-8-26)14-11-25-28(13-14)20(22)23/h1-4,11-13,20H,5-10H2. The van der Waals surface area contributed by atoms with Gasteiger partial charge in [0.2, 0.25) is 5.91 Å². The Balaban J connectivity index is 1.35. The second-order valence-electron chi connectivity index (χ2n) is 6.88. The Morgan fingerprint density at radius 1 is 1.13 bits per heavy atom. The van der Waals surface area contributed by atoms with E-state index in [1.165, 1.54) is 36.7 Å². The maximum absolute atomic E-state index is 12.9. The van der Waals surface area contributed by atoms with Gasteiger partial charge in [0.25, 0.3) is 0 Å². The molecule has 0 bridgehead atoms. The maximum Gasteiger partial charge on any atom is 0.333 e. The molecule has 1 aliphatic rings. The zero-order valence-corrected chi connectivity index (χ0v) is 16.0. The monoisotopic (exact) mass is 419 g/mol. The fourth-order valence-electron chi connectivity index (χ4n) is 3.43. The molecule has 0 saturated heterocycles. The second-order valence-corrected chi connectivity index (χ2v) is 6.88. The third-order valence-electron chi connectivity index (χ3n) is 4.99. The summed E-state index contributed by atoms with van der Waals surface area (Å²) in [4.78, 5) is 18.7. The van der Waals surface area contributed by atoms with Gasteiger partial charge in [0.1, 0.15) is 17.4 Å². The van der Waals surface area contributed by atoms with Gasteiger partial charge in [-0.1, -0.05) is 0 Å². The molecule has 0 N–H and O–H groups in total. The average Bonchev–Trinajstić information content (AvgIpc) is 3.32. The molecule has 3 heterocycles. The number of hydrogen-bond acceptors (Lipinski definition) is 4. The fourth-order valence-corrected chi connectivity index (χ4v) is 3.43. The Bertz CT molecular complexity index is 1020. The summed E-state index contributed by atoms with van der Waals surface area (Å²) in [5.74, 6) is 0.915. The van der Waals surface area contributed by atoms with Gasteiger partial charge in [0, 0.05) is 37.8 Å². The van der Waals surface area contributed by atoms with Crippen molar-refractivity contribution in [2.45, 2.75) is 25.9 Å². The molecule has 0 aliphatic carbocycles. The van der Waals surface area contributed by atoms with Crippen LogP contribution in [0.1, 0.15) is 18.8 Å². The van der Waals surface area contributed by atoms with Crippen LogP contribution < -0.4 is 4.74 Å². The van der Waals surface area contributed by atoms with Crippen LogP contribution in [0.4, 0.5) is 13.2 Å². The molecule has 30 heavy (non-hydrogen) atoms. The van der Waals surface area contributed by atoms with Crippen molar-refractivity contribution in [3.05, 3.63) is 54.5 Å². The van der Waals surface area contributed by atoms with Gasteiger partial charge in [-0.05, 0) is 24.3 Å². The highest BCUT2D eigenvalue weighted by molar-refractivity contribution is 5.76.